The van der Waals surface area contributed by atoms with Crippen LogP contribution in [0.4, 0.5) is 0 Å². The van der Waals surface area contributed by atoms with Crippen molar-refractivity contribution in [3.8, 4) is 0 Å². The Kier molecular flexibility index (Phi) is 4.21. The van der Waals surface area contributed by atoms with E-state index in [2.05, 4.69) is 22.2 Å². The molecule has 1 aliphatic heterocycles. The van der Waals surface area contributed by atoms with Gasteiger partial charge in [0.1, 0.15) is 5.65 Å². The van der Waals surface area contributed by atoms with Crippen molar-refractivity contribution in [2.45, 2.75) is 12.6 Å². The molecule has 5 nitrogen and oxygen atoms in total. The number of nitrogens with zero attached hydrogens (tertiary/aromatic N) is 3. The summed E-state index contributed by atoms with van der Waals surface area (Å²) in [6.45, 7) is 4.40. The average molecular weight is 295 g/mol. The summed E-state index contributed by atoms with van der Waals surface area (Å²) in [7, 11) is 2.13. The lowest BCUT2D eigenvalue weighted by atomic mass is 10.3. The molecule has 1 saturated heterocycles. The predicted octanol–water partition coefficient (Wildman–Crippen LogP) is 1.41. The molecular formula is C14H19ClN4O. The summed E-state index contributed by atoms with van der Waals surface area (Å²) in [4.78, 5) is 6.84. The van der Waals surface area contributed by atoms with Gasteiger partial charge in [0.25, 0.3) is 0 Å². The molecule has 1 aliphatic rings. The molecule has 0 aromatic carbocycles. The minimum atomic E-state index is 0.264. The molecular weight excluding hydrogens is 276 g/mol. The number of aromatic nitrogens is 2. The number of ether oxygens (including phenoxy) is 1. The van der Waals surface area contributed by atoms with Gasteiger partial charge in [-0.1, -0.05) is 11.6 Å². The molecule has 1 atom stereocenters. The number of fused-ring (bicyclic) bond motifs is 1. The first kappa shape index (κ1) is 13.8. The maximum absolute atomic E-state index is 5.96. The van der Waals surface area contributed by atoms with Crippen molar-refractivity contribution in [1.29, 1.82) is 0 Å². The van der Waals surface area contributed by atoms with Gasteiger partial charge >= 0.3 is 0 Å². The van der Waals surface area contributed by atoms with Crippen LogP contribution in [0.3, 0.4) is 0 Å². The fourth-order valence-electron chi connectivity index (χ4n) is 2.45. The molecule has 3 heterocycles. The highest BCUT2D eigenvalue weighted by molar-refractivity contribution is 6.30. The van der Waals surface area contributed by atoms with E-state index < -0.39 is 0 Å². The molecule has 1 N–H and O–H groups in total. The van der Waals surface area contributed by atoms with Crippen LogP contribution in [0, 0.1) is 0 Å². The van der Waals surface area contributed by atoms with E-state index in [9.17, 15) is 0 Å². The third kappa shape index (κ3) is 3.30. The lowest BCUT2D eigenvalue weighted by molar-refractivity contribution is -0.0182. The van der Waals surface area contributed by atoms with Crippen molar-refractivity contribution >= 4 is 17.2 Å². The highest BCUT2D eigenvalue weighted by Crippen LogP contribution is 2.11. The molecule has 0 spiro atoms. The molecule has 6 heteroatoms. The van der Waals surface area contributed by atoms with Crippen LogP contribution in [0.1, 0.15) is 5.69 Å². The zero-order valence-corrected chi connectivity index (χ0v) is 12.3. The second kappa shape index (κ2) is 6.10. The fourth-order valence-corrected chi connectivity index (χ4v) is 2.62. The number of pyridine rings is 1. The topological polar surface area (TPSA) is 41.8 Å². The second-order valence-electron chi connectivity index (χ2n) is 5.23. The number of nitrogens with one attached hydrogen (secondary N) is 1. The SMILES string of the molecule is CN1CCOC(CNCc2cn3cc(Cl)ccc3n2)C1. The Morgan fingerprint density at radius 3 is 3.20 bits per heavy atom. The zero-order valence-electron chi connectivity index (χ0n) is 11.6. The molecule has 108 valence electrons. The number of hydrogen-bond acceptors (Lipinski definition) is 4. The normalized spacial score (nSPS) is 20.6. The van der Waals surface area contributed by atoms with Gasteiger partial charge in [-0.05, 0) is 19.2 Å². The van der Waals surface area contributed by atoms with Gasteiger partial charge in [0.05, 0.1) is 23.4 Å². The van der Waals surface area contributed by atoms with Crippen molar-refractivity contribution in [3.63, 3.8) is 0 Å². The van der Waals surface area contributed by atoms with E-state index in [1.807, 2.05) is 28.9 Å². The highest BCUT2D eigenvalue weighted by Gasteiger charge is 2.17. The van der Waals surface area contributed by atoms with E-state index in [0.717, 1.165) is 44.1 Å². The van der Waals surface area contributed by atoms with E-state index in [4.69, 9.17) is 16.3 Å². The van der Waals surface area contributed by atoms with Crippen molar-refractivity contribution in [2.75, 3.05) is 33.3 Å². The van der Waals surface area contributed by atoms with Crippen LogP contribution >= 0.6 is 11.6 Å². The van der Waals surface area contributed by atoms with Gasteiger partial charge in [0.2, 0.25) is 0 Å². The Hall–Kier alpha value is -1.14. The van der Waals surface area contributed by atoms with Gasteiger partial charge in [-0.15, -0.1) is 0 Å². The van der Waals surface area contributed by atoms with E-state index in [-0.39, 0.29) is 6.10 Å². The van der Waals surface area contributed by atoms with E-state index >= 15 is 0 Å². The number of likely N-dealkylation sites (N-methyl/N-ethyl adjacent to an activating group) is 1. The second-order valence-corrected chi connectivity index (χ2v) is 5.67. The van der Waals surface area contributed by atoms with E-state index in [1.165, 1.54) is 0 Å². The van der Waals surface area contributed by atoms with Gasteiger partial charge in [-0.25, -0.2) is 4.98 Å². The molecule has 1 fully saturated rings. The molecule has 0 amide bonds. The number of hydrogen-bond donors (Lipinski definition) is 1. The van der Waals surface area contributed by atoms with Crippen LogP contribution < -0.4 is 5.32 Å². The first-order chi connectivity index (χ1) is 9.70. The Balaban J connectivity index is 1.54. The molecule has 0 bridgehead atoms. The van der Waals surface area contributed by atoms with Crippen molar-refractivity contribution < 1.29 is 4.74 Å². The summed E-state index contributed by atoms with van der Waals surface area (Å²) in [5, 5.41) is 4.12. The standard InChI is InChI=1S/C14H19ClN4O/c1-18-4-5-20-13(10-18)7-16-6-12-9-19-8-11(15)2-3-14(19)17-12/h2-3,8-9,13,16H,4-7,10H2,1H3. The number of rotatable bonds is 4. The predicted molar refractivity (Wildman–Crippen MR) is 79.1 cm³/mol. The summed E-state index contributed by atoms with van der Waals surface area (Å²) in [5.41, 5.74) is 1.93. The molecule has 3 rings (SSSR count). The van der Waals surface area contributed by atoms with Gasteiger partial charge in [0, 0.05) is 38.6 Å². The van der Waals surface area contributed by atoms with Crippen LogP contribution in [-0.4, -0.2) is 53.7 Å². The van der Waals surface area contributed by atoms with E-state index in [0.29, 0.717) is 5.02 Å². The molecule has 1 unspecified atom stereocenters. The van der Waals surface area contributed by atoms with Crippen molar-refractivity contribution in [1.82, 2.24) is 19.6 Å². The summed E-state index contributed by atoms with van der Waals surface area (Å²) < 4.78 is 7.66. The monoisotopic (exact) mass is 294 g/mol. The smallest absolute Gasteiger partial charge is 0.137 e. The maximum Gasteiger partial charge on any atom is 0.137 e. The third-order valence-electron chi connectivity index (χ3n) is 3.48. The van der Waals surface area contributed by atoms with Gasteiger partial charge < -0.3 is 19.4 Å². The molecule has 0 saturated carbocycles. The highest BCUT2D eigenvalue weighted by atomic mass is 35.5. The first-order valence-corrected chi connectivity index (χ1v) is 7.22. The number of imidazole rings is 1. The molecule has 0 aliphatic carbocycles. The van der Waals surface area contributed by atoms with Gasteiger partial charge in [-0.3, -0.25) is 0 Å². The van der Waals surface area contributed by atoms with Crippen LogP contribution in [0.2, 0.25) is 5.02 Å². The minimum Gasteiger partial charge on any atom is -0.374 e. The van der Waals surface area contributed by atoms with Gasteiger partial charge in [-0.2, -0.15) is 0 Å². The maximum atomic E-state index is 5.96. The summed E-state index contributed by atoms with van der Waals surface area (Å²) >= 11 is 5.96. The van der Waals surface area contributed by atoms with Crippen molar-refractivity contribution in [3.05, 3.63) is 35.2 Å². The Bertz CT molecular complexity index is 586. The Labute approximate surface area is 123 Å². The number of halogens is 1. The van der Waals surface area contributed by atoms with Crippen LogP contribution in [0.5, 0.6) is 0 Å². The van der Waals surface area contributed by atoms with Crippen LogP contribution in [0.25, 0.3) is 5.65 Å². The van der Waals surface area contributed by atoms with Gasteiger partial charge in [0.15, 0.2) is 0 Å². The summed E-state index contributed by atoms with van der Waals surface area (Å²) in [6, 6.07) is 3.78. The van der Waals surface area contributed by atoms with Crippen molar-refractivity contribution in [2.24, 2.45) is 0 Å². The largest absolute Gasteiger partial charge is 0.374 e. The zero-order chi connectivity index (χ0) is 13.9. The molecule has 20 heavy (non-hydrogen) atoms. The average Bonchev–Trinajstić information content (AvgIpc) is 2.80. The first-order valence-electron chi connectivity index (χ1n) is 6.85. The quantitative estimate of drug-likeness (QED) is 0.926. The Morgan fingerprint density at radius 2 is 2.35 bits per heavy atom. The lowest BCUT2D eigenvalue weighted by Gasteiger charge is -2.30. The van der Waals surface area contributed by atoms with Crippen LogP contribution in [-0.2, 0) is 11.3 Å². The minimum absolute atomic E-state index is 0.264. The number of morpholine rings is 1. The fraction of sp³-hybridized carbons (Fsp3) is 0.500. The Morgan fingerprint density at radius 1 is 1.45 bits per heavy atom. The third-order valence-corrected chi connectivity index (χ3v) is 3.71. The summed E-state index contributed by atoms with van der Waals surface area (Å²) in [6.07, 6.45) is 4.13. The lowest BCUT2D eigenvalue weighted by Crippen LogP contribution is -2.44. The van der Waals surface area contributed by atoms with E-state index in [1.54, 1.807) is 0 Å². The molecule has 2 aromatic rings. The van der Waals surface area contributed by atoms with Crippen LogP contribution in [0.15, 0.2) is 24.5 Å². The summed E-state index contributed by atoms with van der Waals surface area (Å²) in [5.74, 6) is 0. The molecule has 2 aromatic heterocycles. The molecule has 0 radical (unpaired) electrons.